The molecule has 0 saturated carbocycles. The number of rotatable bonds is 4. The van der Waals surface area contributed by atoms with Crippen molar-refractivity contribution in [1.82, 2.24) is 13.7 Å². The number of carboxylic acid groups (broad SMARTS) is 1. The molecular formula is C10H11N3O5. The molecule has 8 heteroatoms. The highest BCUT2D eigenvalue weighted by atomic mass is 16.4. The monoisotopic (exact) mass is 253 g/mol. The standard InChI is InChI=1S/C10H11N3O5/c1-3-5-11-7(14)12(6-4-2)9(16)13(8(11)15)10(17)18/h3-4H,1-2,5-6H2,(H,17,18). The average Bonchev–Trinajstić information content (AvgIpc) is 2.30. The van der Waals surface area contributed by atoms with Crippen LogP contribution in [0.15, 0.2) is 39.7 Å². The summed E-state index contributed by atoms with van der Waals surface area (Å²) in [6.45, 7) is 6.31. The van der Waals surface area contributed by atoms with Gasteiger partial charge in [0.15, 0.2) is 0 Å². The van der Waals surface area contributed by atoms with Crippen LogP contribution in [0.4, 0.5) is 4.79 Å². The quantitative estimate of drug-likeness (QED) is 0.698. The zero-order valence-electron chi connectivity index (χ0n) is 9.40. The van der Waals surface area contributed by atoms with Gasteiger partial charge in [0.2, 0.25) is 0 Å². The molecule has 0 bridgehead atoms. The van der Waals surface area contributed by atoms with E-state index in [0.717, 1.165) is 0 Å². The molecule has 0 aliphatic carbocycles. The van der Waals surface area contributed by atoms with Gasteiger partial charge < -0.3 is 5.11 Å². The number of hydrogen-bond donors (Lipinski definition) is 1. The van der Waals surface area contributed by atoms with E-state index < -0.39 is 23.2 Å². The Morgan fingerprint density at radius 3 is 1.67 bits per heavy atom. The molecule has 18 heavy (non-hydrogen) atoms. The average molecular weight is 253 g/mol. The van der Waals surface area contributed by atoms with Gasteiger partial charge in [-0.3, -0.25) is 0 Å². The van der Waals surface area contributed by atoms with Crippen molar-refractivity contribution in [3.63, 3.8) is 0 Å². The Morgan fingerprint density at radius 1 is 1.00 bits per heavy atom. The first-order valence-electron chi connectivity index (χ1n) is 4.87. The van der Waals surface area contributed by atoms with Gasteiger partial charge >= 0.3 is 23.2 Å². The van der Waals surface area contributed by atoms with Gasteiger partial charge in [-0.2, -0.15) is 0 Å². The maximum Gasteiger partial charge on any atom is 0.424 e. The van der Waals surface area contributed by atoms with E-state index in [1.807, 2.05) is 0 Å². The summed E-state index contributed by atoms with van der Waals surface area (Å²) in [6, 6.07) is 0. The molecule has 1 rings (SSSR count). The summed E-state index contributed by atoms with van der Waals surface area (Å²) in [7, 11) is 0. The normalized spacial score (nSPS) is 10.0. The van der Waals surface area contributed by atoms with Crippen LogP contribution in [0.1, 0.15) is 0 Å². The van der Waals surface area contributed by atoms with E-state index in [9.17, 15) is 19.2 Å². The van der Waals surface area contributed by atoms with Crippen molar-refractivity contribution in [3.8, 4) is 0 Å². The van der Waals surface area contributed by atoms with Crippen LogP contribution >= 0.6 is 0 Å². The first-order valence-corrected chi connectivity index (χ1v) is 4.87. The fourth-order valence-electron chi connectivity index (χ4n) is 1.37. The van der Waals surface area contributed by atoms with Gasteiger partial charge in [-0.15, -0.1) is 17.7 Å². The molecule has 0 saturated heterocycles. The second-order valence-electron chi connectivity index (χ2n) is 3.26. The molecule has 0 radical (unpaired) electrons. The summed E-state index contributed by atoms with van der Waals surface area (Å²) in [5, 5.41) is 8.81. The lowest BCUT2D eigenvalue weighted by Gasteiger charge is -2.08. The summed E-state index contributed by atoms with van der Waals surface area (Å²) in [6.07, 6.45) is 0.746. The zero-order chi connectivity index (χ0) is 13.9. The summed E-state index contributed by atoms with van der Waals surface area (Å²) in [5.41, 5.74) is -3.32. The highest BCUT2D eigenvalue weighted by Gasteiger charge is 2.18. The molecule has 0 aliphatic heterocycles. The largest absolute Gasteiger partial charge is 0.464 e. The van der Waals surface area contributed by atoms with Crippen LogP contribution in [0.5, 0.6) is 0 Å². The van der Waals surface area contributed by atoms with E-state index in [2.05, 4.69) is 13.2 Å². The van der Waals surface area contributed by atoms with Crippen LogP contribution in [0.3, 0.4) is 0 Å². The lowest BCUT2D eigenvalue weighted by molar-refractivity contribution is 0.191. The minimum atomic E-state index is -1.75. The van der Waals surface area contributed by atoms with Crippen molar-refractivity contribution < 1.29 is 9.90 Å². The van der Waals surface area contributed by atoms with Gasteiger partial charge in [0, 0.05) is 0 Å². The van der Waals surface area contributed by atoms with Gasteiger partial charge in [-0.25, -0.2) is 28.3 Å². The fraction of sp³-hybridized carbons (Fsp3) is 0.200. The fourth-order valence-corrected chi connectivity index (χ4v) is 1.37. The van der Waals surface area contributed by atoms with Crippen molar-refractivity contribution >= 4 is 6.09 Å². The molecule has 0 atom stereocenters. The summed E-state index contributed by atoms with van der Waals surface area (Å²) in [4.78, 5) is 46.0. The number of aromatic nitrogens is 3. The molecule has 96 valence electrons. The molecule has 0 aliphatic rings. The molecular weight excluding hydrogens is 242 g/mol. The van der Waals surface area contributed by atoms with E-state index in [1.54, 1.807) is 0 Å². The predicted molar refractivity (Wildman–Crippen MR) is 63.0 cm³/mol. The summed E-state index contributed by atoms with van der Waals surface area (Å²) < 4.78 is 1.17. The Bertz CT molecular complexity index is 628. The predicted octanol–water partition coefficient (Wildman–Crippen LogP) is -0.930. The Balaban J connectivity index is 3.87. The molecule has 1 N–H and O–H groups in total. The number of allylic oxidation sites excluding steroid dienone is 2. The van der Waals surface area contributed by atoms with Gasteiger partial charge in [0.05, 0.1) is 13.1 Å². The van der Waals surface area contributed by atoms with Crippen LogP contribution in [0.2, 0.25) is 0 Å². The van der Waals surface area contributed by atoms with Crippen LogP contribution in [-0.2, 0) is 13.1 Å². The molecule has 8 nitrogen and oxygen atoms in total. The number of carbonyl (C=O) groups is 1. The maximum atomic E-state index is 11.8. The number of nitrogens with zero attached hydrogens (tertiary/aromatic N) is 3. The molecule has 0 fully saturated rings. The molecule has 1 aromatic heterocycles. The van der Waals surface area contributed by atoms with Crippen molar-refractivity contribution in [2.24, 2.45) is 0 Å². The Kier molecular flexibility index (Phi) is 3.82. The molecule has 1 aromatic rings. The third kappa shape index (κ3) is 2.08. The third-order valence-electron chi connectivity index (χ3n) is 2.12. The van der Waals surface area contributed by atoms with Crippen LogP contribution < -0.4 is 17.1 Å². The van der Waals surface area contributed by atoms with E-state index in [0.29, 0.717) is 9.13 Å². The molecule has 0 spiro atoms. The first-order chi connectivity index (χ1) is 8.45. The van der Waals surface area contributed by atoms with Crippen LogP contribution in [0, 0.1) is 0 Å². The Hall–Kier alpha value is -2.64. The second kappa shape index (κ2) is 5.13. The van der Waals surface area contributed by atoms with E-state index in [-0.39, 0.29) is 17.7 Å². The van der Waals surface area contributed by atoms with Gasteiger partial charge in [0.25, 0.3) is 0 Å². The zero-order valence-corrected chi connectivity index (χ0v) is 9.40. The van der Waals surface area contributed by atoms with Crippen LogP contribution in [0.25, 0.3) is 0 Å². The van der Waals surface area contributed by atoms with Gasteiger partial charge in [0.1, 0.15) is 0 Å². The Morgan fingerprint density at radius 2 is 1.39 bits per heavy atom. The van der Waals surface area contributed by atoms with Crippen molar-refractivity contribution in [2.75, 3.05) is 0 Å². The first kappa shape index (κ1) is 13.4. The van der Waals surface area contributed by atoms with Crippen molar-refractivity contribution in [2.45, 2.75) is 13.1 Å². The van der Waals surface area contributed by atoms with Crippen molar-refractivity contribution in [1.29, 1.82) is 0 Å². The smallest absolute Gasteiger partial charge is 0.424 e. The topological polar surface area (TPSA) is 103 Å². The minimum Gasteiger partial charge on any atom is -0.464 e. The lowest BCUT2D eigenvalue weighted by atomic mass is 10.5. The van der Waals surface area contributed by atoms with Crippen LogP contribution in [-0.4, -0.2) is 24.9 Å². The van der Waals surface area contributed by atoms with E-state index in [1.165, 1.54) is 12.2 Å². The van der Waals surface area contributed by atoms with Gasteiger partial charge in [-0.1, -0.05) is 12.2 Å². The molecule has 1 heterocycles. The third-order valence-corrected chi connectivity index (χ3v) is 2.12. The second-order valence-corrected chi connectivity index (χ2v) is 3.26. The maximum absolute atomic E-state index is 11.8. The van der Waals surface area contributed by atoms with Crippen molar-refractivity contribution in [3.05, 3.63) is 56.8 Å². The minimum absolute atomic E-state index is 0.0333. The molecule has 0 aromatic carbocycles. The number of hydrogen-bond acceptors (Lipinski definition) is 4. The Labute approximate surface area is 100 Å². The summed E-state index contributed by atoms with van der Waals surface area (Å²) in [5.74, 6) is 0. The molecule has 0 unspecified atom stereocenters. The SMILES string of the molecule is C=CCn1c(=O)n(CC=C)c(=O)n(C(=O)O)c1=O. The highest BCUT2D eigenvalue weighted by molar-refractivity contribution is 5.67. The lowest BCUT2D eigenvalue weighted by Crippen LogP contribution is -2.56. The van der Waals surface area contributed by atoms with E-state index in [4.69, 9.17) is 5.11 Å². The molecule has 0 amide bonds. The highest BCUT2D eigenvalue weighted by Crippen LogP contribution is 1.78. The summed E-state index contributed by atoms with van der Waals surface area (Å²) >= 11 is 0. The van der Waals surface area contributed by atoms with Gasteiger partial charge in [-0.05, 0) is 0 Å². The van der Waals surface area contributed by atoms with E-state index >= 15 is 0 Å².